The molecule has 1 aliphatic rings. The largest absolute Gasteiger partial charge is 0.370 e. The van der Waals surface area contributed by atoms with Gasteiger partial charge in [0.1, 0.15) is 6.10 Å². The van der Waals surface area contributed by atoms with E-state index in [0.717, 1.165) is 11.1 Å². The Morgan fingerprint density at radius 3 is 2.62 bits per heavy atom. The summed E-state index contributed by atoms with van der Waals surface area (Å²) in [6, 6.07) is 17.0. The van der Waals surface area contributed by atoms with Crippen LogP contribution in [0.15, 0.2) is 54.6 Å². The number of nitrogens with zero attached hydrogens (tertiary/aromatic N) is 1. The van der Waals surface area contributed by atoms with Gasteiger partial charge in [0.15, 0.2) is 0 Å². The molecule has 2 unspecified atom stereocenters. The standard InChI is InChI=1S/C19H21ClN2O2/c20-16-8-6-15(7-9-16)18-13-22(10-11-24-18)19(23)12-17(21)14-4-2-1-3-5-14/h1-9,17-18H,10-13,21H2. The molecule has 0 aliphatic carbocycles. The second-order valence-corrected chi connectivity index (χ2v) is 6.41. The monoisotopic (exact) mass is 344 g/mol. The summed E-state index contributed by atoms with van der Waals surface area (Å²) in [4.78, 5) is 14.4. The second kappa shape index (κ2) is 7.79. The fraction of sp³-hybridized carbons (Fsp3) is 0.316. The number of morpholine rings is 1. The predicted octanol–water partition coefficient (Wildman–Crippen LogP) is 3.33. The number of hydrogen-bond donors (Lipinski definition) is 1. The highest BCUT2D eigenvalue weighted by atomic mass is 35.5. The molecular weight excluding hydrogens is 324 g/mol. The summed E-state index contributed by atoms with van der Waals surface area (Å²) in [5.74, 6) is 0.0635. The van der Waals surface area contributed by atoms with Gasteiger partial charge in [0, 0.05) is 24.0 Å². The number of rotatable bonds is 4. The number of hydrogen-bond acceptors (Lipinski definition) is 3. The molecule has 1 amide bonds. The van der Waals surface area contributed by atoms with Crippen molar-refractivity contribution in [1.29, 1.82) is 0 Å². The fourth-order valence-corrected chi connectivity index (χ4v) is 3.02. The summed E-state index contributed by atoms with van der Waals surface area (Å²) in [5.41, 5.74) is 8.18. The number of carbonyl (C=O) groups is 1. The Hall–Kier alpha value is -1.88. The minimum absolute atomic E-state index is 0.0635. The molecule has 2 atom stereocenters. The molecule has 1 heterocycles. The van der Waals surface area contributed by atoms with E-state index in [1.54, 1.807) is 0 Å². The fourth-order valence-electron chi connectivity index (χ4n) is 2.89. The molecule has 4 nitrogen and oxygen atoms in total. The van der Waals surface area contributed by atoms with Gasteiger partial charge >= 0.3 is 0 Å². The van der Waals surface area contributed by atoms with Crippen LogP contribution in [-0.2, 0) is 9.53 Å². The van der Waals surface area contributed by atoms with Crippen LogP contribution in [0, 0.1) is 0 Å². The molecule has 0 radical (unpaired) electrons. The van der Waals surface area contributed by atoms with Crippen LogP contribution in [0.4, 0.5) is 0 Å². The van der Waals surface area contributed by atoms with Gasteiger partial charge in [-0.15, -0.1) is 0 Å². The van der Waals surface area contributed by atoms with Crippen LogP contribution in [0.3, 0.4) is 0 Å². The molecule has 0 saturated carbocycles. The molecule has 2 aromatic carbocycles. The van der Waals surface area contributed by atoms with Gasteiger partial charge in [-0.3, -0.25) is 4.79 Å². The van der Waals surface area contributed by atoms with Crippen LogP contribution in [0.1, 0.15) is 29.7 Å². The highest BCUT2D eigenvalue weighted by Gasteiger charge is 2.26. The van der Waals surface area contributed by atoms with E-state index in [9.17, 15) is 4.79 Å². The molecule has 1 aliphatic heterocycles. The van der Waals surface area contributed by atoms with Crippen molar-refractivity contribution in [2.24, 2.45) is 5.73 Å². The van der Waals surface area contributed by atoms with E-state index in [2.05, 4.69) is 0 Å². The average Bonchev–Trinajstić information content (AvgIpc) is 2.63. The lowest BCUT2D eigenvalue weighted by molar-refractivity contribution is -0.139. The topological polar surface area (TPSA) is 55.6 Å². The highest BCUT2D eigenvalue weighted by Crippen LogP contribution is 2.25. The van der Waals surface area contributed by atoms with E-state index in [0.29, 0.717) is 31.1 Å². The van der Waals surface area contributed by atoms with E-state index in [-0.39, 0.29) is 18.1 Å². The Balaban J connectivity index is 1.61. The molecule has 2 N–H and O–H groups in total. The van der Waals surface area contributed by atoms with Gasteiger partial charge in [0.05, 0.1) is 13.2 Å². The molecule has 1 fully saturated rings. The third-order valence-corrected chi connectivity index (χ3v) is 4.54. The van der Waals surface area contributed by atoms with E-state index in [1.807, 2.05) is 59.5 Å². The zero-order valence-corrected chi connectivity index (χ0v) is 14.2. The van der Waals surface area contributed by atoms with Crippen molar-refractivity contribution in [2.45, 2.75) is 18.6 Å². The number of amides is 1. The summed E-state index contributed by atoms with van der Waals surface area (Å²) in [7, 11) is 0. The summed E-state index contributed by atoms with van der Waals surface area (Å²) in [5, 5.41) is 0.691. The maximum absolute atomic E-state index is 12.6. The maximum Gasteiger partial charge on any atom is 0.224 e. The third-order valence-electron chi connectivity index (χ3n) is 4.28. The lowest BCUT2D eigenvalue weighted by atomic mass is 10.0. The van der Waals surface area contributed by atoms with Gasteiger partial charge < -0.3 is 15.4 Å². The predicted molar refractivity (Wildman–Crippen MR) is 94.7 cm³/mol. The van der Waals surface area contributed by atoms with Gasteiger partial charge in [-0.1, -0.05) is 54.1 Å². The molecule has 2 aromatic rings. The average molecular weight is 345 g/mol. The van der Waals surface area contributed by atoms with Crippen LogP contribution in [0.5, 0.6) is 0 Å². The number of ether oxygens (including phenoxy) is 1. The number of nitrogens with two attached hydrogens (primary N) is 1. The van der Waals surface area contributed by atoms with Crippen molar-refractivity contribution in [3.8, 4) is 0 Å². The Morgan fingerprint density at radius 1 is 1.21 bits per heavy atom. The molecule has 0 bridgehead atoms. The lowest BCUT2D eigenvalue weighted by Crippen LogP contribution is -2.43. The molecule has 0 aromatic heterocycles. The molecule has 3 rings (SSSR count). The summed E-state index contributed by atoms with van der Waals surface area (Å²) in [6.45, 7) is 1.67. The maximum atomic E-state index is 12.6. The van der Waals surface area contributed by atoms with Crippen LogP contribution in [-0.4, -0.2) is 30.5 Å². The van der Waals surface area contributed by atoms with Crippen molar-refractivity contribution in [3.63, 3.8) is 0 Å². The van der Waals surface area contributed by atoms with Crippen molar-refractivity contribution in [2.75, 3.05) is 19.7 Å². The Morgan fingerprint density at radius 2 is 1.92 bits per heavy atom. The number of benzene rings is 2. The number of carbonyl (C=O) groups excluding carboxylic acids is 1. The van der Waals surface area contributed by atoms with Crippen LogP contribution in [0.2, 0.25) is 5.02 Å². The SMILES string of the molecule is NC(CC(=O)N1CCOC(c2ccc(Cl)cc2)C1)c1ccccc1. The molecule has 5 heteroatoms. The van der Waals surface area contributed by atoms with Crippen molar-refractivity contribution in [3.05, 3.63) is 70.7 Å². The van der Waals surface area contributed by atoms with Gasteiger partial charge in [-0.25, -0.2) is 0 Å². The molecule has 24 heavy (non-hydrogen) atoms. The summed E-state index contributed by atoms with van der Waals surface area (Å²) in [6.07, 6.45) is 0.185. The zero-order chi connectivity index (χ0) is 16.9. The van der Waals surface area contributed by atoms with Crippen LogP contribution in [0.25, 0.3) is 0 Å². The van der Waals surface area contributed by atoms with E-state index < -0.39 is 0 Å². The third kappa shape index (κ3) is 4.15. The first kappa shape index (κ1) is 17.0. The van der Waals surface area contributed by atoms with Gasteiger partial charge in [-0.2, -0.15) is 0 Å². The Labute approximate surface area is 147 Å². The minimum atomic E-state index is -0.282. The molecule has 1 saturated heterocycles. The second-order valence-electron chi connectivity index (χ2n) is 5.97. The summed E-state index contributed by atoms with van der Waals surface area (Å²) >= 11 is 5.93. The summed E-state index contributed by atoms with van der Waals surface area (Å²) < 4.78 is 5.81. The first-order chi connectivity index (χ1) is 11.6. The van der Waals surface area contributed by atoms with Gasteiger partial charge in [0.25, 0.3) is 0 Å². The normalized spacial score (nSPS) is 19.1. The van der Waals surface area contributed by atoms with E-state index in [4.69, 9.17) is 22.1 Å². The molecular formula is C19H21ClN2O2. The first-order valence-electron chi connectivity index (χ1n) is 8.09. The van der Waals surface area contributed by atoms with Gasteiger partial charge in [0.2, 0.25) is 5.91 Å². The van der Waals surface area contributed by atoms with Crippen LogP contribution < -0.4 is 5.73 Å². The van der Waals surface area contributed by atoms with E-state index >= 15 is 0 Å². The first-order valence-corrected chi connectivity index (χ1v) is 8.46. The molecule has 126 valence electrons. The van der Waals surface area contributed by atoms with Gasteiger partial charge in [-0.05, 0) is 23.3 Å². The Bertz CT molecular complexity index is 676. The van der Waals surface area contributed by atoms with Crippen LogP contribution >= 0.6 is 11.6 Å². The Kier molecular flexibility index (Phi) is 5.51. The highest BCUT2D eigenvalue weighted by molar-refractivity contribution is 6.30. The lowest BCUT2D eigenvalue weighted by Gasteiger charge is -2.34. The zero-order valence-electron chi connectivity index (χ0n) is 13.4. The smallest absolute Gasteiger partial charge is 0.224 e. The number of halogens is 1. The van der Waals surface area contributed by atoms with Crippen molar-refractivity contribution >= 4 is 17.5 Å². The quantitative estimate of drug-likeness (QED) is 0.925. The molecule has 0 spiro atoms. The van der Waals surface area contributed by atoms with E-state index in [1.165, 1.54) is 0 Å². The van der Waals surface area contributed by atoms with Crippen molar-refractivity contribution < 1.29 is 9.53 Å². The minimum Gasteiger partial charge on any atom is -0.370 e. The van der Waals surface area contributed by atoms with Crippen molar-refractivity contribution in [1.82, 2.24) is 4.90 Å².